The molecule has 2 unspecified atom stereocenters. The van der Waals surface area contributed by atoms with Crippen LogP contribution in [0.5, 0.6) is 0 Å². The third-order valence-electron chi connectivity index (χ3n) is 3.68. The van der Waals surface area contributed by atoms with Crippen LogP contribution in [0.25, 0.3) is 0 Å². The van der Waals surface area contributed by atoms with Crippen LogP contribution in [-0.4, -0.2) is 6.04 Å². The highest BCUT2D eigenvalue weighted by Gasteiger charge is 2.14. The molecule has 0 aromatic heterocycles. The smallest absolute Gasteiger partial charge is 0.129 e. The highest BCUT2D eigenvalue weighted by Crippen LogP contribution is 2.20. The van der Waals surface area contributed by atoms with Gasteiger partial charge in [-0.25, -0.2) is 8.78 Å². The number of halogens is 2. The summed E-state index contributed by atoms with van der Waals surface area (Å²) >= 11 is 0. The van der Waals surface area contributed by atoms with Crippen LogP contribution in [0.2, 0.25) is 0 Å². The highest BCUT2D eigenvalue weighted by atomic mass is 19.1. The minimum Gasteiger partial charge on any atom is -0.327 e. The van der Waals surface area contributed by atoms with Gasteiger partial charge >= 0.3 is 0 Å². The van der Waals surface area contributed by atoms with Gasteiger partial charge in [0.1, 0.15) is 11.6 Å². The first-order valence-electron chi connectivity index (χ1n) is 7.26. The van der Waals surface area contributed by atoms with Crippen LogP contribution >= 0.6 is 0 Å². The third kappa shape index (κ3) is 5.68. The van der Waals surface area contributed by atoms with Crippen LogP contribution in [0.15, 0.2) is 18.2 Å². The fraction of sp³-hybridized carbons (Fsp3) is 0.625. The van der Waals surface area contributed by atoms with Crippen molar-refractivity contribution in [3.63, 3.8) is 0 Å². The maximum atomic E-state index is 13.5. The zero-order valence-electron chi connectivity index (χ0n) is 12.0. The van der Waals surface area contributed by atoms with Crippen molar-refractivity contribution in [3.8, 4) is 0 Å². The molecule has 0 aliphatic carbocycles. The van der Waals surface area contributed by atoms with E-state index in [1.165, 1.54) is 31.4 Å². The van der Waals surface area contributed by atoms with Gasteiger partial charge in [-0.1, -0.05) is 45.6 Å². The molecule has 1 nitrogen and oxygen atoms in total. The maximum Gasteiger partial charge on any atom is 0.129 e. The Morgan fingerprint density at radius 2 is 1.95 bits per heavy atom. The molecule has 2 atom stereocenters. The number of hydrogen-bond donors (Lipinski definition) is 1. The molecule has 0 amide bonds. The topological polar surface area (TPSA) is 26.0 Å². The lowest BCUT2D eigenvalue weighted by Gasteiger charge is -2.19. The molecule has 0 saturated heterocycles. The van der Waals surface area contributed by atoms with Crippen LogP contribution in [-0.2, 0) is 6.42 Å². The molecule has 1 aromatic carbocycles. The first-order chi connectivity index (χ1) is 9.06. The largest absolute Gasteiger partial charge is 0.327 e. The Hall–Kier alpha value is -0.960. The van der Waals surface area contributed by atoms with E-state index in [2.05, 4.69) is 13.8 Å². The minimum absolute atomic E-state index is 0.0539. The number of hydrogen-bond acceptors (Lipinski definition) is 1. The van der Waals surface area contributed by atoms with Crippen LogP contribution in [0.3, 0.4) is 0 Å². The molecule has 3 heteroatoms. The first kappa shape index (κ1) is 16.1. The van der Waals surface area contributed by atoms with Crippen molar-refractivity contribution in [3.05, 3.63) is 35.4 Å². The molecule has 0 fully saturated rings. The van der Waals surface area contributed by atoms with Crippen LogP contribution in [0.1, 0.15) is 51.5 Å². The Morgan fingerprint density at radius 3 is 2.53 bits per heavy atom. The molecule has 0 aliphatic heterocycles. The molecule has 0 spiro atoms. The molecule has 0 aliphatic rings. The number of unbranched alkanes of at least 4 members (excludes halogenated alkanes) is 1. The van der Waals surface area contributed by atoms with Gasteiger partial charge in [0.05, 0.1) is 0 Å². The lowest BCUT2D eigenvalue weighted by Crippen LogP contribution is -2.26. The predicted octanol–water partition coefficient (Wildman–Crippen LogP) is 4.44. The second kappa shape index (κ2) is 8.26. The summed E-state index contributed by atoms with van der Waals surface area (Å²) in [5, 5.41) is 0. The van der Waals surface area contributed by atoms with Crippen LogP contribution in [0, 0.1) is 17.6 Å². The van der Waals surface area contributed by atoms with Gasteiger partial charge in [0, 0.05) is 12.1 Å². The van der Waals surface area contributed by atoms with Crippen molar-refractivity contribution in [1.29, 1.82) is 0 Å². The number of nitrogens with two attached hydrogens (primary N) is 1. The predicted molar refractivity (Wildman–Crippen MR) is 76.0 cm³/mol. The second-order valence-electron chi connectivity index (χ2n) is 5.35. The van der Waals surface area contributed by atoms with Crippen molar-refractivity contribution >= 4 is 0 Å². The molecule has 19 heavy (non-hydrogen) atoms. The Balaban J connectivity index is 2.51. The van der Waals surface area contributed by atoms with E-state index in [4.69, 9.17) is 5.73 Å². The third-order valence-corrected chi connectivity index (χ3v) is 3.68. The van der Waals surface area contributed by atoms with Crippen LogP contribution in [0.4, 0.5) is 8.78 Å². The van der Waals surface area contributed by atoms with Crippen LogP contribution < -0.4 is 5.73 Å². The molecule has 2 N–H and O–H groups in total. The molecule has 0 saturated carbocycles. The molecular weight excluding hydrogens is 244 g/mol. The summed E-state index contributed by atoms with van der Waals surface area (Å²) in [7, 11) is 0. The number of benzene rings is 1. The standard InChI is InChI=1S/C16H25F2N/c1-3-5-6-12(4-2)9-15(19)10-13-7-8-14(17)11-16(13)18/h7-8,11-12,15H,3-6,9-10,19H2,1-2H3. The summed E-state index contributed by atoms with van der Waals surface area (Å²) in [4.78, 5) is 0. The molecular formula is C16H25F2N. The number of rotatable bonds is 8. The van der Waals surface area contributed by atoms with E-state index in [9.17, 15) is 8.78 Å². The van der Waals surface area contributed by atoms with E-state index in [0.717, 1.165) is 18.9 Å². The molecule has 0 bridgehead atoms. The molecule has 0 heterocycles. The van der Waals surface area contributed by atoms with Gasteiger partial charge < -0.3 is 5.73 Å². The summed E-state index contributed by atoms with van der Waals surface area (Å²) in [6, 6.07) is 3.66. The fourth-order valence-electron chi connectivity index (χ4n) is 2.46. The Labute approximate surface area is 115 Å². The van der Waals surface area contributed by atoms with E-state index < -0.39 is 11.6 Å². The van der Waals surface area contributed by atoms with Gasteiger partial charge in [-0.15, -0.1) is 0 Å². The van der Waals surface area contributed by atoms with Gasteiger partial charge in [0.25, 0.3) is 0 Å². The summed E-state index contributed by atoms with van der Waals surface area (Å²) in [5.41, 5.74) is 6.61. The fourth-order valence-corrected chi connectivity index (χ4v) is 2.46. The highest BCUT2D eigenvalue weighted by molar-refractivity contribution is 5.19. The van der Waals surface area contributed by atoms with Crippen molar-refractivity contribution in [2.75, 3.05) is 0 Å². The second-order valence-corrected chi connectivity index (χ2v) is 5.35. The Morgan fingerprint density at radius 1 is 1.21 bits per heavy atom. The van der Waals surface area contributed by atoms with E-state index in [1.807, 2.05) is 0 Å². The zero-order valence-corrected chi connectivity index (χ0v) is 12.0. The Bertz CT molecular complexity index is 379. The molecule has 1 rings (SSSR count). The zero-order chi connectivity index (χ0) is 14.3. The quantitative estimate of drug-likeness (QED) is 0.741. The summed E-state index contributed by atoms with van der Waals surface area (Å²) < 4.78 is 26.4. The van der Waals surface area contributed by atoms with Gasteiger partial charge in [-0.3, -0.25) is 0 Å². The summed E-state index contributed by atoms with van der Waals surface area (Å²) in [6.07, 6.45) is 6.10. The maximum absolute atomic E-state index is 13.5. The van der Waals surface area contributed by atoms with Gasteiger partial charge in [0.2, 0.25) is 0 Å². The van der Waals surface area contributed by atoms with Gasteiger partial charge in [0.15, 0.2) is 0 Å². The van der Waals surface area contributed by atoms with Gasteiger partial charge in [-0.2, -0.15) is 0 Å². The average Bonchev–Trinajstić information content (AvgIpc) is 2.38. The first-order valence-corrected chi connectivity index (χ1v) is 7.26. The van der Waals surface area contributed by atoms with Crippen molar-refractivity contribution in [1.82, 2.24) is 0 Å². The van der Waals surface area contributed by atoms with Crippen molar-refractivity contribution in [2.24, 2.45) is 11.7 Å². The SMILES string of the molecule is CCCCC(CC)CC(N)Cc1ccc(F)cc1F. The summed E-state index contributed by atoms with van der Waals surface area (Å²) in [5.74, 6) is -0.417. The van der Waals surface area contributed by atoms with E-state index in [0.29, 0.717) is 17.9 Å². The Kier molecular flexibility index (Phi) is 7.00. The van der Waals surface area contributed by atoms with E-state index >= 15 is 0 Å². The monoisotopic (exact) mass is 269 g/mol. The normalized spacial score (nSPS) is 14.4. The summed E-state index contributed by atoms with van der Waals surface area (Å²) in [6.45, 7) is 4.35. The molecule has 0 radical (unpaired) electrons. The van der Waals surface area contributed by atoms with Gasteiger partial charge in [-0.05, 0) is 30.4 Å². The van der Waals surface area contributed by atoms with E-state index in [-0.39, 0.29) is 6.04 Å². The lowest BCUT2D eigenvalue weighted by atomic mass is 9.90. The van der Waals surface area contributed by atoms with Crippen molar-refractivity contribution in [2.45, 2.75) is 58.4 Å². The van der Waals surface area contributed by atoms with Crippen molar-refractivity contribution < 1.29 is 8.78 Å². The van der Waals surface area contributed by atoms with E-state index in [1.54, 1.807) is 0 Å². The lowest BCUT2D eigenvalue weighted by molar-refractivity contribution is 0.381. The average molecular weight is 269 g/mol. The molecule has 108 valence electrons. The minimum atomic E-state index is -0.538. The molecule has 1 aromatic rings.